The highest BCUT2D eigenvalue weighted by molar-refractivity contribution is 5.78. The molecule has 1 unspecified atom stereocenters. The number of anilines is 1. The van der Waals surface area contributed by atoms with Gasteiger partial charge in [0.15, 0.2) is 0 Å². The molecule has 0 bridgehead atoms. The lowest BCUT2D eigenvalue weighted by molar-refractivity contribution is 0.583. The number of pyridine rings is 1. The average Bonchev–Trinajstić information content (AvgIpc) is 2.55. The summed E-state index contributed by atoms with van der Waals surface area (Å²) in [5.74, 6) is 0. The largest absolute Gasteiger partial charge is 0.377 e. The van der Waals surface area contributed by atoms with Crippen molar-refractivity contribution in [1.29, 1.82) is 0 Å². The number of aromatic nitrogens is 3. The maximum absolute atomic E-state index is 4.57. The first-order chi connectivity index (χ1) is 10.4. The number of hydrogen-bond donors (Lipinski definition) is 1. The van der Waals surface area contributed by atoms with Gasteiger partial charge in [0, 0.05) is 24.3 Å². The first-order valence-electron chi connectivity index (χ1n) is 7.31. The van der Waals surface area contributed by atoms with Gasteiger partial charge < -0.3 is 5.32 Å². The molecular weight excluding hydrogens is 260 g/mol. The summed E-state index contributed by atoms with van der Waals surface area (Å²) < 4.78 is 0. The van der Waals surface area contributed by atoms with Gasteiger partial charge in [-0.3, -0.25) is 15.0 Å². The Balaban J connectivity index is 1.66. The molecule has 0 saturated carbocycles. The predicted octanol–water partition coefficient (Wildman–Crippen LogP) is 3.51. The molecule has 1 aromatic carbocycles. The molecule has 2 heterocycles. The number of nitrogens with one attached hydrogen (secondary N) is 1. The van der Waals surface area contributed by atoms with Crippen LogP contribution < -0.4 is 5.32 Å². The van der Waals surface area contributed by atoms with Crippen LogP contribution in [0.2, 0.25) is 0 Å². The van der Waals surface area contributed by atoms with Gasteiger partial charge in [-0.15, -0.1) is 0 Å². The van der Waals surface area contributed by atoms with Gasteiger partial charge in [0.25, 0.3) is 0 Å². The van der Waals surface area contributed by atoms with Crippen LogP contribution in [-0.2, 0) is 6.42 Å². The second-order valence-corrected chi connectivity index (χ2v) is 5.40. The summed E-state index contributed by atoms with van der Waals surface area (Å²) in [6, 6.07) is 10.6. The standard InChI is InChI=1S/C17H16N4/c1-3-12-4-2-8-20-17(12)15(5-1)21-13-6-7-14-16(11-13)19-10-9-18-14/h2,4,6-11,15,21H,1,3,5H2. The summed E-state index contributed by atoms with van der Waals surface area (Å²) in [5, 5.41) is 3.60. The molecule has 2 aromatic heterocycles. The zero-order valence-corrected chi connectivity index (χ0v) is 11.7. The van der Waals surface area contributed by atoms with E-state index in [1.165, 1.54) is 17.7 Å². The summed E-state index contributed by atoms with van der Waals surface area (Å²) >= 11 is 0. The minimum atomic E-state index is 0.282. The lowest BCUT2D eigenvalue weighted by Crippen LogP contribution is -2.18. The highest BCUT2D eigenvalue weighted by Gasteiger charge is 2.21. The fraction of sp³-hybridized carbons (Fsp3) is 0.235. The zero-order valence-electron chi connectivity index (χ0n) is 11.7. The minimum Gasteiger partial charge on any atom is -0.377 e. The van der Waals surface area contributed by atoms with E-state index in [4.69, 9.17) is 0 Å². The van der Waals surface area contributed by atoms with Crippen LogP contribution in [0.15, 0.2) is 48.9 Å². The Kier molecular flexibility index (Phi) is 2.99. The first-order valence-corrected chi connectivity index (χ1v) is 7.31. The van der Waals surface area contributed by atoms with Crippen LogP contribution in [0.4, 0.5) is 5.69 Å². The molecule has 4 rings (SSSR count). The fourth-order valence-electron chi connectivity index (χ4n) is 3.00. The third-order valence-electron chi connectivity index (χ3n) is 4.01. The van der Waals surface area contributed by atoms with Crippen molar-refractivity contribution in [1.82, 2.24) is 15.0 Å². The third kappa shape index (κ3) is 2.33. The van der Waals surface area contributed by atoms with Crippen molar-refractivity contribution >= 4 is 16.7 Å². The first kappa shape index (κ1) is 12.3. The van der Waals surface area contributed by atoms with Crippen molar-refractivity contribution in [3.8, 4) is 0 Å². The van der Waals surface area contributed by atoms with Crippen LogP contribution in [0, 0.1) is 0 Å². The Morgan fingerprint density at radius 2 is 1.86 bits per heavy atom. The number of fused-ring (bicyclic) bond motifs is 2. The molecule has 1 atom stereocenters. The van der Waals surface area contributed by atoms with Gasteiger partial charge in [-0.25, -0.2) is 0 Å². The number of benzene rings is 1. The molecule has 0 spiro atoms. The number of hydrogen-bond acceptors (Lipinski definition) is 4. The van der Waals surface area contributed by atoms with Gasteiger partial charge >= 0.3 is 0 Å². The van der Waals surface area contributed by atoms with E-state index in [-0.39, 0.29) is 6.04 Å². The molecule has 0 amide bonds. The molecule has 104 valence electrons. The minimum absolute atomic E-state index is 0.282. The van der Waals surface area contributed by atoms with E-state index in [0.29, 0.717) is 0 Å². The SMILES string of the molecule is c1cnc2c(c1)CCCC2Nc1ccc2nccnc2c1. The normalized spacial score (nSPS) is 17.4. The third-order valence-corrected chi connectivity index (χ3v) is 4.01. The molecule has 3 aromatic rings. The van der Waals surface area contributed by atoms with Crippen LogP contribution in [0.1, 0.15) is 30.1 Å². The summed E-state index contributed by atoms with van der Waals surface area (Å²) in [5.41, 5.74) is 5.46. The van der Waals surface area contributed by atoms with E-state index in [1.807, 2.05) is 18.3 Å². The summed E-state index contributed by atoms with van der Waals surface area (Å²) in [6.45, 7) is 0. The number of nitrogens with zero attached hydrogens (tertiary/aromatic N) is 3. The van der Waals surface area contributed by atoms with Crippen LogP contribution >= 0.6 is 0 Å². The van der Waals surface area contributed by atoms with E-state index in [9.17, 15) is 0 Å². The van der Waals surface area contributed by atoms with E-state index in [1.54, 1.807) is 12.4 Å². The molecule has 21 heavy (non-hydrogen) atoms. The monoisotopic (exact) mass is 276 g/mol. The maximum Gasteiger partial charge on any atom is 0.0907 e. The molecule has 0 radical (unpaired) electrons. The molecule has 1 aliphatic carbocycles. The van der Waals surface area contributed by atoms with E-state index in [0.717, 1.165) is 29.6 Å². The summed E-state index contributed by atoms with van der Waals surface area (Å²) in [4.78, 5) is 13.2. The van der Waals surface area contributed by atoms with Gasteiger partial charge in [0.05, 0.1) is 22.8 Å². The molecule has 0 saturated heterocycles. The van der Waals surface area contributed by atoms with Gasteiger partial charge in [0.1, 0.15) is 0 Å². The van der Waals surface area contributed by atoms with E-state index in [2.05, 4.69) is 38.5 Å². The fourth-order valence-corrected chi connectivity index (χ4v) is 3.00. The van der Waals surface area contributed by atoms with Crippen LogP contribution in [0.25, 0.3) is 11.0 Å². The zero-order chi connectivity index (χ0) is 14.1. The van der Waals surface area contributed by atoms with Crippen molar-refractivity contribution in [3.05, 3.63) is 60.2 Å². The molecular formula is C17H16N4. The topological polar surface area (TPSA) is 50.7 Å². The van der Waals surface area contributed by atoms with E-state index < -0.39 is 0 Å². The summed E-state index contributed by atoms with van der Waals surface area (Å²) in [7, 11) is 0. The van der Waals surface area contributed by atoms with Crippen LogP contribution in [0.5, 0.6) is 0 Å². The van der Waals surface area contributed by atoms with Gasteiger partial charge in [0.2, 0.25) is 0 Å². The molecule has 4 heteroatoms. The van der Waals surface area contributed by atoms with Crippen molar-refractivity contribution in [2.75, 3.05) is 5.32 Å². The number of aryl methyl sites for hydroxylation is 1. The van der Waals surface area contributed by atoms with Gasteiger partial charge in [-0.2, -0.15) is 0 Å². The van der Waals surface area contributed by atoms with Crippen molar-refractivity contribution in [2.24, 2.45) is 0 Å². The molecule has 1 N–H and O–H groups in total. The van der Waals surface area contributed by atoms with Gasteiger partial charge in [-0.1, -0.05) is 6.07 Å². The Bertz CT molecular complexity index is 784. The number of rotatable bonds is 2. The Labute approximate surface area is 123 Å². The van der Waals surface area contributed by atoms with Crippen molar-refractivity contribution in [3.63, 3.8) is 0 Å². The lowest BCUT2D eigenvalue weighted by Gasteiger charge is -2.26. The smallest absolute Gasteiger partial charge is 0.0907 e. The van der Waals surface area contributed by atoms with Gasteiger partial charge in [-0.05, 0) is 49.1 Å². The second kappa shape index (κ2) is 5.13. The highest BCUT2D eigenvalue weighted by atomic mass is 15.0. The molecule has 1 aliphatic rings. The molecule has 0 fully saturated rings. The quantitative estimate of drug-likeness (QED) is 0.778. The van der Waals surface area contributed by atoms with E-state index >= 15 is 0 Å². The van der Waals surface area contributed by atoms with Crippen molar-refractivity contribution in [2.45, 2.75) is 25.3 Å². The molecule has 4 nitrogen and oxygen atoms in total. The highest BCUT2D eigenvalue weighted by Crippen LogP contribution is 2.31. The Morgan fingerprint density at radius 1 is 0.952 bits per heavy atom. The summed E-state index contributed by atoms with van der Waals surface area (Å²) in [6.07, 6.45) is 8.77. The van der Waals surface area contributed by atoms with Crippen molar-refractivity contribution < 1.29 is 0 Å². The lowest BCUT2D eigenvalue weighted by atomic mass is 9.92. The average molecular weight is 276 g/mol. The van der Waals surface area contributed by atoms with Crippen LogP contribution in [0.3, 0.4) is 0 Å². The Hall–Kier alpha value is -2.49. The predicted molar refractivity (Wildman–Crippen MR) is 83.1 cm³/mol. The second-order valence-electron chi connectivity index (χ2n) is 5.40. The Morgan fingerprint density at radius 3 is 2.81 bits per heavy atom. The van der Waals surface area contributed by atoms with Crippen LogP contribution in [-0.4, -0.2) is 15.0 Å². The maximum atomic E-state index is 4.57. The molecule has 0 aliphatic heterocycles.